The largest absolute Gasteiger partial charge is 0.394 e. The first-order chi connectivity index (χ1) is 12.8. The molecule has 1 atom stereocenters. The van der Waals surface area contributed by atoms with Crippen LogP contribution < -0.4 is 27.0 Å². The molecule has 0 aliphatic heterocycles. The van der Waals surface area contributed by atoms with Gasteiger partial charge in [-0.3, -0.25) is 19.4 Å². The number of benzene rings is 1. The summed E-state index contributed by atoms with van der Waals surface area (Å²) in [6, 6.07) is 3.84. The molecule has 0 spiro atoms. The van der Waals surface area contributed by atoms with Crippen LogP contribution in [0.5, 0.6) is 0 Å². The predicted octanol–water partition coefficient (Wildman–Crippen LogP) is 0.577. The molecule has 1 unspecified atom stereocenters. The lowest BCUT2D eigenvalue weighted by Crippen LogP contribution is -2.51. The first kappa shape index (κ1) is 20.2. The minimum atomic E-state index is -0.811. The van der Waals surface area contributed by atoms with Crippen molar-refractivity contribution in [3.63, 3.8) is 0 Å². The van der Waals surface area contributed by atoms with Crippen molar-refractivity contribution < 1.29 is 9.90 Å². The molecular weight excluding hydrogens is 354 g/mol. The molecule has 0 fully saturated rings. The molecule has 0 aliphatic carbocycles. The van der Waals surface area contributed by atoms with Crippen LogP contribution in [0.3, 0.4) is 0 Å². The number of nitrogens with two attached hydrogens (primary N) is 1. The number of anilines is 3. The van der Waals surface area contributed by atoms with E-state index in [1.165, 1.54) is 37.2 Å². The van der Waals surface area contributed by atoms with Crippen LogP contribution in [0.1, 0.15) is 23.7 Å². The van der Waals surface area contributed by atoms with E-state index in [0.717, 1.165) is 5.01 Å². The minimum absolute atomic E-state index is 0.0478. The normalized spacial score (nSPS) is 11.9. The molecule has 0 aromatic heterocycles. The third-order valence-electron chi connectivity index (χ3n) is 4.24. The monoisotopic (exact) mass is 375 g/mol. The fourth-order valence-electron chi connectivity index (χ4n) is 2.63. The van der Waals surface area contributed by atoms with Gasteiger partial charge in [-0.05, 0) is 23.7 Å². The molecule has 0 bridgehead atoms. The van der Waals surface area contributed by atoms with Gasteiger partial charge in [-0.2, -0.15) is 0 Å². The Bertz CT molecular complexity index is 928. The van der Waals surface area contributed by atoms with E-state index >= 15 is 0 Å². The first-order valence-corrected chi connectivity index (χ1v) is 8.21. The summed E-state index contributed by atoms with van der Waals surface area (Å²) in [5.74, 6) is 5.45. The van der Waals surface area contributed by atoms with Gasteiger partial charge in [0.05, 0.1) is 23.9 Å². The summed E-state index contributed by atoms with van der Waals surface area (Å²) < 4.78 is 0. The fourth-order valence-corrected chi connectivity index (χ4v) is 2.63. The molecule has 4 N–H and O–H groups in total. The molecule has 2 aromatic carbocycles. The van der Waals surface area contributed by atoms with E-state index in [0.29, 0.717) is 6.42 Å². The smallest absolute Gasteiger partial charge is 0.255 e. The van der Waals surface area contributed by atoms with Gasteiger partial charge in [0, 0.05) is 14.1 Å². The maximum absolute atomic E-state index is 12.2. The maximum atomic E-state index is 12.2. The zero-order valence-corrected chi connectivity index (χ0v) is 15.2. The number of nitrogens with one attached hydrogen (secondary N) is 1. The van der Waals surface area contributed by atoms with Crippen LogP contribution >= 0.6 is 0 Å². The molecule has 0 saturated carbocycles. The van der Waals surface area contributed by atoms with E-state index in [-0.39, 0.29) is 34.9 Å². The lowest BCUT2D eigenvalue weighted by atomic mass is 10.1. The molecule has 27 heavy (non-hydrogen) atoms. The van der Waals surface area contributed by atoms with Crippen molar-refractivity contribution in [2.24, 2.45) is 11.0 Å². The van der Waals surface area contributed by atoms with E-state index in [4.69, 9.17) is 5.84 Å². The Morgan fingerprint density at radius 2 is 1.96 bits per heavy atom. The molecule has 0 radical (unpaired) electrons. The molecule has 0 aliphatic rings. The number of rotatable bonds is 8. The van der Waals surface area contributed by atoms with E-state index in [9.17, 15) is 24.4 Å². The molecule has 2 rings (SSSR count). The van der Waals surface area contributed by atoms with Crippen molar-refractivity contribution >= 4 is 28.7 Å². The number of amides is 1. The van der Waals surface area contributed by atoms with Crippen LogP contribution in [0.25, 0.3) is 0 Å². The number of carbonyl (C=O) groups is 1. The summed E-state index contributed by atoms with van der Waals surface area (Å²) in [5.41, 5.74) is -1.87. The molecular formula is C17H21N5O5. The second-order valence-corrected chi connectivity index (χ2v) is 6.15. The number of nitroso groups, excluding NO2 is 1. The van der Waals surface area contributed by atoms with E-state index < -0.39 is 22.8 Å². The summed E-state index contributed by atoms with van der Waals surface area (Å²) in [6.45, 7) is 1.46. The summed E-state index contributed by atoms with van der Waals surface area (Å²) in [5, 5.41) is 16.0. The van der Waals surface area contributed by atoms with Crippen molar-refractivity contribution in [1.82, 2.24) is 4.90 Å². The van der Waals surface area contributed by atoms with Crippen molar-refractivity contribution in [2.45, 2.75) is 19.4 Å². The van der Waals surface area contributed by atoms with E-state index in [1.807, 2.05) is 0 Å². The fraction of sp³-hybridized carbons (Fsp3) is 0.353. The lowest BCUT2D eigenvalue weighted by Gasteiger charge is -2.29. The van der Waals surface area contributed by atoms with Crippen molar-refractivity contribution in [1.29, 1.82) is 0 Å². The van der Waals surface area contributed by atoms with Gasteiger partial charge in [-0.15, -0.1) is 4.91 Å². The van der Waals surface area contributed by atoms with Crippen LogP contribution in [-0.2, 0) is 0 Å². The highest BCUT2D eigenvalue weighted by Gasteiger charge is 2.29. The predicted molar refractivity (Wildman–Crippen MR) is 102 cm³/mol. The Kier molecular flexibility index (Phi) is 6.03. The minimum Gasteiger partial charge on any atom is -0.394 e. The standard InChI is InChI=1S/C17H21N5O5/c1-4-9(8-23)22(18)14-13(15(24)16(14)25)19-11-7-5-6-10(12(11)20-27)17(26)21(2)3/h5-7,9,19,23H,4,8,18H2,1-3H3. The molecule has 10 nitrogen and oxygen atoms in total. The summed E-state index contributed by atoms with van der Waals surface area (Å²) >= 11 is 0. The average molecular weight is 375 g/mol. The molecule has 144 valence electrons. The average Bonchev–Trinajstić information content (AvgIpc) is 2.67. The van der Waals surface area contributed by atoms with Crippen molar-refractivity contribution in [2.75, 3.05) is 31.0 Å². The maximum Gasteiger partial charge on any atom is 0.255 e. The first-order valence-electron chi connectivity index (χ1n) is 8.21. The van der Waals surface area contributed by atoms with E-state index in [2.05, 4.69) is 10.5 Å². The molecule has 2 aromatic rings. The highest BCUT2D eigenvalue weighted by atomic mass is 16.3. The van der Waals surface area contributed by atoms with Gasteiger partial charge in [0.2, 0.25) is 0 Å². The van der Waals surface area contributed by atoms with Gasteiger partial charge >= 0.3 is 0 Å². The van der Waals surface area contributed by atoms with Crippen molar-refractivity contribution in [3.05, 3.63) is 49.1 Å². The van der Waals surface area contributed by atoms with Crippen LogP contribution in [0, 0.1) is 4.91 Å². The number of hydrogen-bond donors (Lipinski definition) is 3. The van der Waals surface area contributed by atoms with E-state index in [1.54, 1.807) is 6.92 Å². The summed E-state index contributed by atoms with van der Waals surface area (Å²) in [4.78, 5) is 48.8. The Morgan fingerprint density at radius 3 is 2.48 bits per heavy atom. The molecule has 10 heteroatoms. The van der Waals surface area contributed by atoms with Crippen LogP contribution in [-0.4, -0.2) is 42.7 Å². The number of carbonyl (C=O) groups excluding carboxylic acids is 1. The number of hydrazine groups is 1. The van der Waals surface area contributed by atoms with Crippen LogP contribution in [0.4, 0.5) is 22.7 Å². The number of hydrogen-bond acceptors (Lipinski definition) is 9. The van der Waals surface area contributed by atoms with Gasteiger partial charge in [0.1, 0.15) is 17.1 Å². The number of aliphatic hydroxyl groups excluding tert-OH is 1. The topological polar surface area (TPSA) is 145 Å². The van der Waals surface area contributed by atoms with Gasteiger partial charge in [0.15, 0.2) is 0 Å². The quantitative estimate of drug-likeness (QED) is 0.263. The Labute approximate surface area is 154 Å². The Balaban J connectivity index is 2.48. The Hall–Kier alpha value is -3.11. The van der Waals surface area contributed by atoms with Gasteiger partial charge in [0.25, 0.3) is 16.8 Å². The van der Waals surface area contributed by atoms with Crippen LogP contribution in [0.2, 0.25) is 0 Å². The number of nitrogens with zero attached hydrogens (tertiary/aromatic N) is 3. The van der Waals surface area contributed by atoms with Crippen molar-refractivity contribution in [3.8, 4) is 0 Å². The highest BCUT2D eigenvalue weighted by molar-refractivity contribution is 6.02. The lowest BCUT2D eigenvalue weighted by molar-refractivity contribution is 0.0828. The third-order valence-corrected chi connectivity index (χ3v) is 4.24. The van der Waals surface area contributed by atoms with Gasteiger partial charge in [-0.1, -0.05) is 13.0 Å². The molecule has 0 heterocycles. The third kappa shape index (κ3) is 3.57. The summed E-state index contributed by atoms with van der Waals surface area (Å²) in [6.07, 6.45) is 0.444. The summed E-state index contributed by atoms with van der Waals surface area (Å²) in [7, 11) is 3.05. The Morgan fingerprint density at radius 1 is 1.30 bits per heavy atom. The molecule has 0 saturated heterocycles. The second-order valence-electron chi connectivity index (χ2n) is 6.15. The highest BCUT2D eigenvalue weighted by Crippen LogP contribution is 2.34. The van der Waals surface area contributed by atoms with Gasteiger partial charge < -0.3 is 15.3 Å². The SMILES string of the molecule is CCC(CO)N(N)c1c(Nc2cccc(C(=O)N(C)C)c2N=O)c(=O)c1=O. The zero-order valence-electron chi connectivity index (χ0n) is 15.2. The van der Waals surface area contributed by atoms with Crippen LogP contribution in [0.15, 0.2) is 33.0 Å². The molecule has 1 amide bonds. The zero-order chi connectivity index (χ0) is 20.3. The number of aliphatic hydroxyl groups is 1. The second kappa shape index (κ2) is 8.06. The van der Waals surface area contributed by atoms with Gasteiger partial charge in [-0.25, -0.2) is 5.84 Å².